The second-order valence-electron chi connectivity index (χ2n) is 9.39. The highest BCUT2D eigenvalue weighted by molar-refractivity contribution is 5.95. The van der Waals surface area contributed by atoms with Crippen LogP contribution in [0, 0.1) is 6.92 Å². The van der Waals surface area contributed by atoms with Crippen LogP contribution in [0.1, 0.15) is 53.5 Å². The summed E-state index contributed by atoms with van der Waals surface area (Å²) in [4.78, 5) is 31.4. The number of anilines is 1. The van der Waals surface area contributed by atoms with Crippen LogP contribution in [0.5, 0.6) is 0 Å². The van der Waals surface area contributed by atoms with E-state index in [0.29, 0.717) is 12.2 Å². The van der Waals surface area contributed by atoms with E-state index in [1.807, 2.05) is 33.8 Å². The number of nitrogens with two attached hydrogens (primary N) is 1. The fraction of sp³-hybridized carbons (Fsp3) is 0.400. The fourth-order valence-corrected chi connectivity index (χ4v) is 5.20. The Morgan fingerprint density at radius 1 is 1.12 bits per heavy atom. The molecule has 4 aromatic rings. The van der Waals surface area contributed by atoms with E-state index in [4.69, 9.17) is 15.8 Å². The van der Waals surface area contributed by atoms with E-state index < -0.39 is 0 Å². The molecule has 0 aromatic carbocycles. The molecule has 2 unspecified atom stereocenters. The molecular weight excluding hydrogens is 428 g/mol. The predicted octanol–water partition coefficient (Wildman–Crippen LogP) is 2.89. The van der Waals surface area contributed by atoms with Crippen molar-refractivity contribution in [1.29, 1.82) is 0 Å². The normalized spacial score (nSPS) is 21.0. The van der Waals surface area contributed by atoms with Gasteiger partial charge in [0, 0.05) is 61.3 Å². The molecule has 174 valence electrons. The van der Waals surface area contributed by atoms with Gasteiger partial charge in [-0.1, -0.05) is 0 Å². The lowest BCUT2D eigenvalue weighted by Crippen LogP contribution is -2.39. The first-order valence-electron chi connectivity index (χ1n) is 12.0. The summed E-state index contributed by atoms with van der Waals surface area (Å²) in [6.07, 6.45) is 9.37. The topological polar surface area (TPSA) is 106 Å². The van der Waals surface area contributed by atoms with E-state index in [9.17, 15) is 4.79 Å². The molecule has 1 amide bonds. The molecule has 6 rings (SSSR count). The second kappa shape index (κ2) is 8.32. The number of likely N-dealkylation sites (tertiary alicyclic amines) is 1. The third-order valence-electron chi connectivity index (χ3n) is 6.96. The molecule has 4 aromatic heterocycles. The molecule has 0 saturated carbocycles. The van der Waals surface area contributed by atoms with Crippen LogP contribution in [-0.4, -0.2) is 61.0 Å². The third-order valence-corrected chi connectivity index (χ3v) is 6.96. The lowest BCUT2D eigenvalue weighted by molar-refractivity contribution is 0.0600. The summed E-state index contributed by atoms with van der Waals surface area (Å²) < 4.78 is 1.84. The summed E-state index contributed by atoms with van der Waals surface area (Å²) >= 11 is 0. The fourth-order valence-electron chi connectivity index (χ4n) is 5.20. The molecule has 9 nitrogen and oxygen atoms in total. The number of carbonyl (C=O) groups excluding carboxylic acids is 1. The van der Waals surface area contributed by atoms with Crippen molar-refractivity contribution in [2.24, 2.45) is 5.73 Å². The average Bonchev–Trinajstić information content (AvgIpc) is 3.48. The molecule has 2 saturated heterocycles. The van der Waals surface area contributed by atoms with Gasteiger partial charge in [0.15, 0.2) is 5.65 Å². The lowest BCUT2D eigenvalue weighted by atomic mass is 9.99. The van der Waals surface area contributed by atoms with Crippen molar-refractivity contribution in [3.63, 3.8) is 0 Å². The Kier molecular flexibility index (Phi) is 5.13. The number of amides is 1. The summed E-state index contributed by atoms with van der Waals surface area (Å²) in [5.41, 5.74) is 10.1. The van der Waals surface area contributed by atoms with Gasteiger partial charge in [0.25, 0.3) is 5.91 Å². The van der Waals surface area contributed by atoms with E-state index in [2.05, 4.69) is 21.8 Å². The predicted molar refractivity (Wildman–Crippen MR) is 130 cm³/mol. The monoisotopic (exact) mass is 456 g/mol. The molecule has 6 heterocycles. The van der Waals surface area contributed by atoms with Gasteiger partial charge in [-0.25, -0.2) is 14.5 Å². The van der Waals surface area contributed by atoms with Crippen LogP contribution in [0.25, 0.3) is 16.6 Å². The minimum atomic E-state index is -0.0955. The maximum Gasteiger partial charge on any atom is 0.273 e. The van der Waals surface area contributed by atoms with Crippen LogP contribution in [0.15, 0.2) is 42.9 Å². The summed E-state index contributed by atoms with van der Waals surface area (Å²) in [7, 11) is 0. The number of hydrogen-bond acceptors (Lipinski definition) is 7. The van der Waals surface area contributed by atoms with Gasteiger partial charge >= 0.3 is 0 Å². The molecule has 0 spiro atoms. The van der Waals surface area contributed by atoms with Gasteiger partial charge in [-0.05, 0) is 50.8 Å². The molecule has 0 radical (unpaired) electrons. The average molecular weight is 457 g/mol. The number of nitrogens with zero attached hydrogens (tertiary/aromatic N) is 7. The van der Waals surface area contributed by atoms with Crippen molar-refractivity contribution < 1.29 is 4.79 Å². The van der Waals surface area contributed by atoms with Crippen LogP contribution < -0.4 is 10.6 Å². The number of aromatic nitrogens is 5. The van der Waals surface area contributed by atoms with Gasteiger partial charge in [-0.15, -0.1) is 0 Å². The van der Waals surface area contributed by atoms with Crippen molar-refractivity contribution in [3.05, 3.63) is 59.8 Å². The molecule has 0 aliphatic carbocycles. The van der Waals surface area contributed by atoms with Gasteiger partial charge in [0.1, 0.15) is 11.5 Å². The second-order valence-corrected chi connectivity index (χ2v) is 9.39. The number of carbonyl (C=O) groups is 1. The zero-order valence-electron chi connectivity index (χ0n) is 19.3. The Labute approximate surface area is 197 Å². The lowest BCUT2D eigenvalue weighted by Gasteiger charge is -2.34. The highest BCUT2D eigenvalue weighted by atomic mass is 16.2. The molecule has 2 aliphatic heterocycles. The van der Waals surface area contributed by atoms with Crippen molar-refractivity contribution >= 4 is 28.3 Å². The van der Waals surface area contributed by atoms with Crippen molar-refractivity contribution in [1.82, 2.24) is 29.5 Å². The maximum absolute atomic E-state index is 13.5. The summed E-state index contributed by atoms with van der Waals surface area (Å²) in [5, 5.41) is 5.77. The Balaban J connectivity index is 1.33. The van der Waals surface area contributed by atoms with Crippen LogP contribution in [0.3, 0.4) is 0 Å². The highest BCUT2D eigenvalue weighted by Crippen LogP contribution is 2.32. The minimum absolute atomic E-state index is 0.0589. The molecule has 2 aliphatic rings. The van der Waals surface area contributed by atoms with Gasteiger partial charge < -0.3 is 15.5 Å². The van der Waals surface area contributed by atoms with Gasteiger partial charge in [0.05, 0.1) is 17.3 Å². The number of fused-ring (bicyclic) bond motifs is 2. The number of pyridine rings is 2. The quantitative estimate of drug-likeness (QED) is 0.505. The molecule has 2 atom stereocenters. The van der Waals surface area contributed by atoms with Crippen molar-refractivity contribution in [3.8, 4) is 0 Å². The number of hydrogen-bond donors (Lipinski definition) is 1. The van der Waals surface area contributed by atoms with Crippen molar-refractivity contribution in [2.75, 3.05) is 24.5 Å². The number of rotatable bonds is 3. The van der Waals surface area contributed by atoms with E-state index in [1.165, 1.54) is 0 Å². The Hall–Kier alpha value is -3.59. The summed E-state index contributed by atoms with van der Waals surface area (Å²) in [6.45, 7) is 4.50. The van der Waals surface area contributed by atoms with Gasteiger partial charge in [0.2, 0.25) is 0 Å². The number of aryl methyl sites for hydroxylation is 1. The first-order valence-corrected chi connectivity index (χ1v) is 12.0. The third kappa shape index (κ3) is 3.66. The highest BCUT2D eigenvalue weighted by Gasteiger charge is 2.32. The maximum atomic E-state index is 13.5. The largest absolute Gasteiger partial charge is 0.355 e. The Morgan fingerprint density at radius 2 is 2.03 bits per heavy atom. The minimum Gasteiger partial charge on any atom is -0.355 e. The zero-order valence-corrected chi connectivity index (χ0v) is 19.3. The molecule has 34 heavy (non-hydrogen) atoms. The van der Waals surface area contributed by atoms with Crippen LogP contribution >= 0.6 is 0 Å². The molecule has 9 heteroatoms. The zero-order chi connectivity index (χ0) is 23.2. The van der Waals surface area contributed by atoms with Gasteiger partial charge in [-0.2, -0.15) is 5.10 Å². The smallest absolute Gasteiger partial charge is 0.273 e. The summed E-state index contributed by atoms with van der Waals surface area (Å²) in [6, 6.07) is 7.65. The molecule has 2 fully saturated rings. The molecular formula is C25H28N8O. The van der Waals surface area contributed by atoms with Gasteiger partial charge in [-0.3, -0.25) is 9.78 Å². The first kappa shape index (κ1) is 21.0. The van der Waals surface area contributed by atoms with E-state index in [-0.39, 0.29) is 18.0 Å². The van der Waals surface area contributed by atoms with Crippen molar-refractivity contribution in [2.45, 2.75) is 44.7 Å². The molecule has 0 bridgehead atoms. The number of piperidine rings is 1. The van der Waals surface area contributed by atoms with Crippen LogP contribution in [-0.2, 0) is 0 Å². The Morgan fingerprint density at radius 3 is 2.88 bits per heavy atom. The molecule has 2 N–H and O–H groups in total. The van der Waals surface area contributed by atoms with Crippen LogP contribution in [0.2, 0.25) is 0 Å². The standard InChI is InChI=1S/C25H28N8O/c1-16-14-33-23(29-24(16)31-11-8-18(26)15-31)12-21(30-33)22-4-2-3-10-32(22)25(34)20-6-5-17-13-27-9-7-19(17)28-20/h5-7,9,12-14,18,22H,2-4,8,10-11,15,26H2,1H3. The SMILES string of the molecule is Cc1cn2nc(C3CCCCN3C(=O)c3ccc4cnccc4n3)cc2nc1N1CCC(N)C1. The first-order chi connectivity index (χ1) is 16.6. The van der Waals surface area contributed by atoms with E-state index in [1.54, 1.807) is 18.5 Å². The Bertz CT molecular complexity index is 1380. The van der Waals surface area contributed by atoms with Crippen LogP contribution in [0.4, 0.5) is 5.82 Å². The summed E-state index contributed by atoms with van der Waals surface area (Å²) in [5.74, 6) is 0.912. The van der Waals surface area contributed by atoms with E-state index in [0.717, 1.165) is 72.4 Å². The van der Waals surface area contributed by atoms with E-state index >= 15 is 0 Å².